The molecule has 4 heterocycles. The Hall–Kier alpha value is -3.65. The van der Waals surface area contributed by atoms with Gasteiger partial charge in [-0.2, -0.15) is 13.2 Å². The van der Waals surface area contributed by atoms with Gasteiger partial charge in [0, 0.05) is 50.5 Å². The summed E-state index contributed by atoms with van der Waals surface area (Å²) in [5, 5.41) is 14.4. The van der Waals surface area contributed by atoms with E-state index in [-0.39, 0.29) is 34.5 Å². The molecule has 2 N–H and O–H groups in total. The number of hydrogen-bond acceptors (Lipinski definition) is 10. The number of alkyl halides is 3. The highest BCUT2D eigenvalue weighted by atomic mass is 35.5. The van der Waals surface area contributed by atoms with Crippen LogP contribution in [0.25, 0.3) is 0 Å². The fraction of sp³-hybridized carbons (Fsp3) is 0.348. The Morgan fingerprint density at radius 3 is 2.61 bits per heavy atom. The molecule has 1 fully saturated rings. The molecule has 0 unspecified atom stereocenters. The van der Waals surface area contributed by atoms with Gasteiger partial charge >= 0.3 is 6.18 Å². The average Bonchev–Trinajstić information content (AvgIpc) is 3.40. The molecule has 1 aliphatic heterocycles. The standard InChI is InChI=1S/C23H21ClF3N7O3S/c1-12(6-17(35)16-8-20(31-11-30-16)34-4-2-13(33-37)3-5-34)22-29-10-18(38-22)21(36)32-19-7-14(23(25,26)27)15(24)9-28-19/h7-12,37H,2-6H2,1H3,(H,28,32,36)/t12-/m0/s1. The predicted octanol–water partition coefficient (Wildman–Crippen LogP) is 5.06. The zero-order chi connectivity index (χ0) is 27.4. The van der Waals surface area contributed by atoms with E-state index in [2.05, 4.69) is 30.4 Å². The van der Waals surface area contributed by atoms with Gasteiger partial charge in [0.15, 0.2) is 5.78 Å². The third kappa shape index (κ3) is 6.42. The minimum atomic E-state index is -4.70. The van der Waals surface area contributed by atoms with E-state index in [0.717, 1.165) is 17.5 Å². The van der Waals surface area contributed by atoms with Gasteiger partial charge in [-0.25, -0.2) is 19.9 Å². The number of halogens is 4. The highest BCUT2D eigenvalue weighted by molar-refractivity contribution is 7.13. The maximum atomic E-state index is 13.1. The van der Waals surface area contributed by atoms with Gasteiger partial charge in [0.1, 0.15) is 28.5 Å². The van der Waals surface area contributed by atoms with Crippen LogP contribution in [0.3, 0.4) is 0 Å². The van der Waals surface area contributed by atoms with Crippen LogP contribution in [0.4, 0.5) is 24.8 Å². The molecule has 3 aromatic rings. The molecule has 4 rings (SSSR count). The molecular formula is C23H21ClF3N7O3S. The number of piperidine rings is 1. The van der Waals surface area contributed by atoms with Crippen molar-refractivity contribution in [1.29, 1.82) is 0 Å². The van der Waals surface area contributed by atoms with Crippen molar-refractivity contribution in [2.45, 2.75) is 38.3 Å². The van der Waals surface area contributed by atoms with Gasteiger partial charge in [0.25, 0.3) is 5.91 Å². The molecule has 15 heteroatoms. The maximum Gasteiger partial charge on any atom is 0.418 e. The lowest BCUT2D eigenvalue weighted by Crippen LogP contribution is -2.34. The number of thiazole rings is 1. The summed E-state index contributed by atoms with van der Waals surface area (Å²) in [6.07, 6.45) is -0.00768. The summed E-state index contributed by atoms with van der Waals surface area (Å²) in [4.78, 5) is 43.9. The van der Waals surface area contributed by atoms with E-state index in [1.165, 1.54) is 12.5 Å². The molecule has 10 nitrogen and oxygen atoms in total. The fourth-order valence-electron chi connectivity index (χ4n) is 3.76. The molecule has 0 aliphatic carbocycles. The smallest absolute Gasteiger partial charge is 0.411 e. The number of carbonyl (C=O) groups excluding carboxylic acids is 2. The zero-order valence-corrected chi connectivity index (χ0v) is 21.4. The second kappa shape index (κ2) is 11.4. The lowest BCUT2D eigenvalue weighted by molar-refractivity contribution is -0.137. The SMILES string of the molecule is C[C@@H](CC(=O)c1cc(N2CCC(=NO)CC2)ncn1)c1ncc(C(=O)Nc2cc(C(F)(F)F)c(Cl)cn2)s1. The molecule has 1 amide bonds. The number of carbonyl (C=O) groups is 2. The van der Waals surface area contributed by atoms with Crippen LogP contribution < -0.4 is 10.2 Å². The maximum absolute atomic E-state index is 13.1. The number of pyridine rings is 1. The summed E-state index contributed by atoms with van der Waals surface area (Å²) in [7, 11) is 0. The average molecular weight is 568 g/mol. The summed E-state index contributed by atoms with van der Waals surface area (Å²) in [5.41, 5.74) is -0.154. The topological polar surface area (TPSA) is 134 Å². The summed E-state index contributed by atoms with van der Waals surface area (Å²) < 4.78 is 39.2. The first-order valence-electron chi connectivity index (χ1n) is 11.3. The van der Waals surface area contributed by atoms with Gasteiger partial charge < -0.3 is 15.4 Å². The molecule has 0 aromatic carbocycles. The lowest BCUT2D eigenvalue weighted by atomic mass is 10.0. The van der Waals surface area contributed by atoms with E-state index in [1.54, 1.807) is 13.0 Å². The molecule has 38 heavy (non-hydrogen) atoms. The Kier molecular flexibility index (Phi) is 8.21. The van der Waals surface area contributed by atoms with Crippen LogP contribution in [0.2, 0.25) is 5.02 Å². The van der Waals surface area contributed by atoms with E-state index in [9.17, 15) is 22.8 Å². The number of oxime groups is 1. The number of anilines is 2. The second-order valence-corrected chi connectivity index (χ2v) is 9.98. The molecule has 1 atom stereocenters. The number of hydrogen-bond donors (Lipinski definition) is 2. The van der Waals surface area contributed by atoms with E-state index in [1.807, 2.05) is 4.90 Å². The number of nitrogens with one attached hydrogen (secondary N) is 1. The molecule has 3 aromatic heterocycles. The fourth-order valence-corrected chi connectivity index (χ4v) is 4.83. The van der Waals surface area contributed by atoms with E-state index >= 15 is 0 Å². The van der Waals surface area contributed by atoms with Crippen LogP contribution in [0, 0.1) is 0 Å². The summed E-state index contributed by atoms with van der Waals surface area (Å²) in [6, 6.07) is 2.27. The third-order valence-corrected chi connectivity index (χ3v) is 7.34. The van der Waals surface area contributed by atoms with Crippen molar-refractivity contribution in [3.63, 3.8) is 0 Å². The first-order chi connectivity index (χ1) is 18.0. The van der Waals surface area contributed by atoms with Crippen molar-refractivity contribution >= 4 is 52.0 Å². The largest absolute Gasteiger partial charge is 0.418 e. The second-order valence-electron chi connectivity index (χ2n) is 8.51. The Bertz CT molecular complexity index is 1370. The molecular weight excluding hydrogens is 547 g/mol. The molecule has 0 bridgehead atoms. The Morgan fingerprint density at radius 1 is 1.18 bits per heavy atom. The summed E-state index contributed by atoms with van der Waals surface area (Å²) in [5.74, 6) is -0.978. The third-order valence-electron chi connectivity index (χ3n) is 5.81. The highest BCUT2D eigenvalue weighted by Crippen LogP contribution is 2.35. The highest BCUT2D eigenvalue weighted by Gasteiger charge is 2.34. The van der Waals surface area contributed by atoms with E-state index in [4.69, 9.17) is 16.8 Å². The Balaban J connectivity index is 1.39. The van der Waals surface area contributed by atoms with Gasteiger partial charge in [0.05, 0.1) is 27.5 Å². The number of nitrogens with zero attached hydrogens (tertiary/aromatic N) is 6. The van der Waals surface area contributed by atoms with Crippen LogP contribution in [0.5, 0.6) is 0 Å². The van der Waals surface area contributed by atoms with Crippen molar-refractivity contribution in [2.75, 3.05) is 23.3 Å². The monoisotopic (exact) mass is 567 g/mol. The summed E-state index contributed by atoms with van der Waals surface area (Å²) in [6.45, 7) is 2.98. The van der Waals surface area contributed by atoms with Crippen LogP contribution in [0.15, 0.2) is 36.0 Å². The van der Waals surface area contributed by atoms with Gasteiger partial charge in [-0.05, 0) is 6.07 Å². The molecule has 1 saturated heterocycles. The van der Waals surface area contributed by atoms with Gasteiger partial charge in [-0.1, -0.05) is 23.7 Å². The van der Waals surface area contributed by atoms with Crippen LogP contribution in [-0.4, -0.2) is 55.6 Å². The predicted molar refractivity (Wildman–Crippen MR) is 134 cm³/mol. The van der Waals surface area contributed by atoms with E-state index < -0.39 is 22.7 Å². The first-order valence-corrected chi connectivity index (χ1v) is 12.5. The lowest BCUT2D eigenvalue weighted by Gasteiger charge is -2.28. The molecule has 0 spiro atoms. The van der Waals surface area contributed by atoms with Crippen molar-refractivity contribution in [2.24, 2.45) is 5.16 Å². The molecule has 0 radical (unpaired) electrons. The van der Waals surface area contributed by atoms with Crippen LogP contribution in [0.1, 0.15) is 62.8 Å². The summed E-state index contributed by atoms with van der Waals surface area (Å²) >= 11 is 6.59. The Morgan fingerprint density at radius 2 is 1.92 bits per heavy atom. The number of ketones is 1. The number of rotatable bonds is 7. The quantitative estimate of drug-likeness (QED) is 0.230. The molecule has 1 aliphatic rings. The number of amides is 1. The van der Waals surface area contributed by atoms with Crippen molar-refractivity contribution < 1.29 is 28.0 Å². The number of aromatic nitrogens is 4. The first kappa shape index (κ1) is 27.4. The molecule has 200 valence electrons. The van der Waals surface area contributed by atoms with Gasteiger partial charge in [0.2, 0.25) is 0 Å². The van der Waals surface area contributed by atoms with Crippen LogP contribution in [-0.2, 0) is 6.18 Å². The van der Waals surface area contributed by atoms with Crippen LogP contribution >= 0.6 is 22.9 Å². The van der Waals surface area contributed by atoms with Crippen molar-refractivity contribution in [3.8, 4) is 0 Å². The van der Waals surface area contributed by atoms with Gasteiger partial charge in [-0.15, -0.1) is 11.3 Å². The van der Waals surface area contributed by atoms with Crippen molar-refractivity contribution in [1.82, 2.24) is 19.9 Å². The minimum Gasteiger partial charge on any atom is -0.411 e. The normalized spacial score (nSPS) is 14.8. The van der Waals surface area contributed by atoms with Crippen molar-refractivity contribution in [3.05, 3.63) is 57.0 Å². The van der Waals surface area contributed by atoms with Gasteiger partial charge in [-0.3, -0.25) is 9.59 Å². The minimum absolute atomic E-state index is 0.0695. The van der Waals surface area contributed by atoms with E-state index in [0.29, 0.717) is 48.5 Å². The number of Topliss-reactive ketones (excluding diaryl/α,β-unsaturated/α-hetero) is 1. The zero-order valence-electron chi connectivity index (χ0n) is 19.9. The Labute approximate surface area is 223 Å². The molecule has 0 saturated carbocycles.